The van der Waals surface area contributed by atoms with Crippen LogP contribution in [0.4, 0.5) is 0 Å². The van der Waals surface area contributed by atoms with Gasteiger partial charge in [0.25, 0.3) is 23.6 Å². The molecule has 2 aliphatic rings. The second-order valence-electron chi connectivity index (χ2n) is 9.71. The number of rotatable bonds is 8. The van der Waals surface area contributed by atoms with Crippen LogP contribution >= 0.6 is 0 Å². The highest BCUT2D eigenvalue weighted by Gasteiger charge is 2.34. The van der Waals surface area contributed by atoms with Crippen LogP contribution in [0, 0.1) is 0 Å². The van der Waals surface area contributed by atoms with E-state index in [1.54, 1.807) is 55.6 Å². The predicted octanol–water partition coefficient (Wildman–Crippen LogP) is 3.61. The molecule has 0 saturated carbocycles. The van der Waals surface area contributed by atoms with Gasteiger partial charge in [0.1, 0.15) is 18.1 Å². The molecule has 4 aromatic rings. The normalized spacial score (nSPS) is 13.5. The maximum Gasteiger partial charge on any atom is 0.330 e. The molecule has 11 nitrogen and oxygen atoms in total. The number of β-amino-alcohol motifs (C(OH)–C–C–N with tert-alkyl or cyclic N) is 1. The fourth-order valence-corrected chi connectivity index (χ4v) is 5.40. The van der Waals surface area contributed by atoms with Crippen molar-refractivity contribution in [2.75, 3.05) is 40.5 Å². The number of aliphatic hydroxyl groups excluding tert-OH is 1. The van der Waals surface area contributed by atoms with Crippen molar-refractivity contribution >= 4 is 51.1 Å². The van der Waals surface area contributed by atoms with E-state index in [0.717, 1.165) is 21.3 Å². The van der Waals surface area contributed by atoms with Gasteiger partial charge in [0.05, 0.1) is 33.9 Å². The highest BCUT2D eigenvalue weighted by atomic mass is 16.5. The van der Waals surface area contributed by atoms with Crippen molar-refractivity contribution in [3.05, 3.63) is 95.6 Å². The quantitative estimate of drug-likeness (QED) is 0.184. The van der Waals surface area contributed by atoms with E-state index >= 15 is 0 Å². The first-order valence-electron chi connectivity index (χ1n) is 13.6. The maximum absolute atomic E-state index is 12.7. The number of carbonyl (C=O) groups excluding carboxylic acids is 5. The Balaban J connectivity index is 0.000000177. The molecule has 0 unspecified atom stereocenters. The minimum absolute atomic E-state index is 0.000473. The van der Waals surface area contributed by atoms with Gasteiger partial charge in [-0.1, -0.05) is 30.8 Å². The van der Waals surface area contributed by atoms with Crippen LogP contribution in [0.5, 0.6) is 11.5 Å². The number of carbonyl (C=O) groups is 5. The highest BCUT2D eigenvalue weighted by Crippen LogP contribution is 2.36. The smallest absolute Gasteiger partial charge is 0.330 e. The van der Waals surface area contributed by atoms with Crippen LogP contribution in [0.1, 0.15) is 41.4 Å². The predicted molar refractivity (Wildman–Crippen MR) is 160 cm³/mol. The highest BCUT2D eigenvalue weighted by molar-refractivity contribution is 6.27. The molecular formula is C33H28N2O9. The van der Waals surface area contributed by atoms with Gasteiger partial charge in [-0.2, -0.15) is 0 Å². The summed E-state index contributed by atoms with van der Waals surface area (Å²) in [6.07, 6.45) is 1.03. The molecule has 0 aromatic heterocycles. The van der Waals surface area contributed by atoms with Gasteiger partial charge in [-0.05, 0) is 36.4 Å². The minimum Gasteiger partial charge on any atom is -0.496 e. The molecule has 0 atom stereocenters. The average molecular weight is 597 g/mol. The molecule has 0 fully saturated rings. The van der Waals surface area contributed by atoms with E-state index < -0.39 is 17.8 Å². The van der Waals surface area contributed by atoms with Crippen LogP contribution in [0.15, 0.2) is 73.3 Å². The standard InChI is InChI=1S/C18H15NO5.C15H13NO4/c1-3-15(20)24-10-9-19-17(21)12-6-4-5-11-14(23-2)8-7-13(16(11)12)18(19)22;1-20-12-6-5-11-13-9(12)3-2-4-10(13)14(18)16(7-8-17)15(11)19/h3-8H,1,9-10H2,2H3;2-6,17H,7-8H2,1H3. The SMILES string of the molecule is C=CC(=O)OCCN1C(=O)c2cccc3c(OC)ccc(c23)C1=O.COc1ccc2c3c(cccc13)C(=O)N(CCO)C2=O. The van der Waals surface area contributed by atoms with E-state index in [4.69, 9.17) is 19.3 Å². The molecule has 0 bridgehead atoms. The molecule has 4 amide bonds. The second-order valence-corrected chi connectivity index (χ2v) is 9.71. The summed E-state index contributed by atoms with van der Waals surface area (Å²) in [6.45, 7) is 2.95. The van der Waals surface area contributed by atoms with Crippen molar-refractivity contribution in [2.45, 2.75) is 0 Å². The molecule has 4 aromatic carbocycles. The number of hydrogen-bond acceptors (Lipinski definition) is 9. The zero-order chi connectivity index (χ0) is 31.5. The number of hydrogen-bond donors (Lipinski definition) is 1. The monoisotopic (exact) mass is 596 g/mol. The van der Waals surface area contributed by atoms with Gasteiger partial charge in [-0.3, -0.25) is 29.0 Å². The molecule has 1 N–H and O–H groups in total. The van der Waals surface area contributed by atoms with Gasteiger partial charge in [0.2, 0.25) is 0 Å². The van der Waals surface area contributed by atoms with Crippen molar-refractivity contribution in [2.24, 2.45) is 0 Å². The fourth-order valence-electron chi connectivity index (χ4n) is 5.40. The third kappa shape index (κ3) is 5.03. The molecular weight excluding hydrogens is 568 g/mol. The number of amides is 4. The van der Waals surface area contributed by atoms with Gasteiger partial charge >= 0.3 is 5.97 Å². The van der Waals surface area contributed by atoms with Crippen LogP contribution in [0.2, 0.25) is 0 Å². The zero-order valence-electron chi connectivity index (χ0n) is 24.0. The summed E-state index contributed by atoms with van der Waals surface area (Å²) in [5, 5.41) is 11.7. The van der Waals surface area contributed by atoms with Crippen molar-refractivity contribution < 1.29 is 43.3 Å². The summed E-state index contributed by atoms with van der Waals surface area (Å²) in [6, 6.07) is 17.2. The average Bonchev–Trinajstić information content (AvgIpc) is 3.05. The molecule has 2 aliphatic heterocycles. The van der Waals surface area contributed by atoms with Crippen LogP contribution < -0.4 is 9.47 Å². The summed E-state index contributed by atoms with van der Waals surface area (Å²) in [7, 11) is 3.09. The van der Waals surface area contributed by atoms with E-state index in [-0.39, 0.29) is 38.1 Å². The lowest BCUT2D eigenvalue weighted by Gasteiger charge is -2.27. The molecule has 6 rings (SSSR count). The number of aliphatic hydroxyl groups is 1. The summed E-state index contributed by atoms with van der Waals surface area (Å²) >= 11 is 0. The second kappa shape index (κ2) is 12.4. The van der Waals surface area contributed by atoms with E-state index in [9.17, 15) is 24.0 Å². The largest absolute Gasteiger partial charge is 0.496 e. The summed E-state index contributed by atoms with van der Waals surface area (Å²) in [5.41, 5.74) is 1.78. The maximum atomic E-state index is 12.7. The molecule has 224 valence electrons. The number of imide groups is 2. The lowest BCUT2D eigenvalue weighted by Crippen LogP contribution is -2.42. The van der Waals surface area contributed by atoms with Crippen LogP contribution in [-0.4, -0.2) is 85.0 Å². The molecule has 44 heavy (non-hydrogen) atoms. The van der Waals surface area contributed by atoms with Crippen LogP contribution in [0.3, 0.4) is 0 Å². The first-order valence-corrected chi connectivity index (χ1v) is 13.6. The number of esters is 1. The fraction of sp³-hybridized carbons (Fsp3) is 0.182. The first-order chi connectivity index (χ1) is 21.3. The Morgan fingerprint density at radius 2 is 1.14 bits per heavy atom. The van der Waals surface area contributed by atoms with Crippen LogP contribution in [0.25, 0.3) is 21.5 Å². The van der Waals surface area contributed by atoms with E-state index in [2.05, 4.69) is 6.58 Å². The number of methoxy groups -OCH3 is 2. The third-order valence-corrected chi connectivity index (χ3v) is 7.39. The molecule has 0 aliphatic carbocycles. The summed E-state index contributed by atoms with van der Waals surface area (Å²) in [4.78, 5) is 63.3. The van der Waals surface area contributed by atoms with Crippen molar-refractivity contribution in [1.82, 2.24) is 9.80 Å². The van der Waals surface area contributed by atoms with Crippen LogP contribution in [-0.2, 0) is 9.53 Å². The zero-order valence-corrected chi connectivity index (χ0v) is 24.0. The van der Waals surface area contributed by atoms with E-state index in [0.29, 0.717) is 49.9 Å². The van der Waals surface area contributed by atoms with E-state index in [1.807, 2.05) is 12.1 Å². The topological polar surface area (TPSA) is 140 Å². The number of nitrogens with zero attached hydrogens (tertiary/aromatic N) is 2. The Morgan fingerprint density at radius 1 is 0.705 bits per heavy atom. The van der Waals surface area contributed by atoms with Gasteiger partial charge in [-0.15, -0.1) is 0 Å². The lowest BCUT2D eigenvalue weighted by molar-refractivity contribution is -0.137. The minimum atomic E-state index is -0.598. The summed E-state index contributed by atoms with van der Waals surface area (Å²) in [5.74, 6) is -0.960. The molecule has 2 heterocycles. The van der Waals surface area contributed by atoms with Crippen molar-refractivity contribution in [1.29, 1.82) is 0 Å². The van der Waals surface area contributed by atoms with Gasteiger partial charge in [0.15, 0.2) is 0 Å². The lowest BCUT2D eigenvalue weighted by atomic mass is 9.93. The molecule has 0 spiro atoms. The Bertz CT molecular complexity index is 1820. The van der Waals surface area contributed by atoms with Gasteiger partial charge < -0.3 is 19.3 Å². The third-order valence-electron chi connectivity index (χ3n) is 7.39. The Labute approximate surface area is 251 Å². The molecule has 0 radical (unpaired) electrons. The van der Waals surface area contributed by atoms with Gasteiger partial charge in [0, 0.05) is 49.9 Å². The number of ether oxygens (including phenoxy) is 3. The Kier molecular flexibility index (Phi) is 8.41. The van der Waals surface area contributed by atoms with E-state index in [1.165, 1.54) is 7.11 Å². The molecule has 0 saturated heterocycles. The molecule has 11 heteroatoms. The Hall–Kier alpha value is -5.55. The van der Waals surface area contributed by atoms with Gasteiger partial charge in [-0.25, -0.2) is 4.79 Å². The van der Waals surface area contributed by atoms with Crippen molar-refractivity contribution in [3.63, 3.8) is 0 Å². The summed E-state index contributed by atoms with van der Waals surface area (Å²) < 4.78 is 15.4. The van der Waals surface area contributed by atoms with Crippen molar-refractivity contribution in [3.8, 4) is 11.5 Å². The number of benzene rings is 4. The Morgan fingerprint density at radius 3 is 1.55 bits per heavy atom. The first kappa shape index (κ1) is 29.9.